The van der Waals surface area contributed by atoms with Gasteiger partial charge >= 0.3 is 5.97 Å². The molecule has 0 spiro atoms. The van der Waals surface area contributed by atoms with Gasteiger partial charge in [0.05, 0.1) is 6.61 Å². The highest BCUT2D eigenvalue weighted by Crippen LogP contribution is 2.21. The zero-order valence-electron chi connectivity index (χ0n) is 11.3. The van der Waals surface area contributed by atoms with Crippen molar-refractivity contribution in [3.8, 4) is 0 Å². The molecule has 1 heterocycles. The Morgan fingerprint density at radius 2 is 2.11 bits per heavy atom. The van der Waals surface area contributed by atoms with Crippen LogP contribution in [0.4, 0.5) is 5.82 Å². The fraction of sp³-hybridized carbons (Fsp3) is 0.500. The van der Waals surface area contributed by atoms with Crippen LogP contribution in [0.1, 0.15) is 13.8 Å². The number of rotatable bonds is 6. The van der Waals surface area contributed by atoms with Gasteiger partial charge in [-0.25, -0.2) is 13.4 Å². The second-order valence-corrected chi connectivity index (χ2v) is 5.90. The van der Waals surface area contributed by atoms with Crippen LogP contribution in [-0.4, -0.2) is 45.3 Å². The van der Waals surface area contributed by atoms with Gasteiger partial charge in [0, 0.05) is 19.0 Å². The third-order valence-corrected chi connectivity index (χ3v) is 3.57. The molecule has 19 heavy (non-hydrogen) atoms. The molecule has 0 radical (unpaired) electrons. The minimum Gasteiger partial charge on any atom is -0.465 e. The molecule has 0 atom stereocenters. The van der Waals surface area contributed by atoms with Gasteiger partial charge in [0.1, 0.15) is 17.3 Å². The molecule has 0 saturated carbocycles. The topological polar surface area (TPSA) is 76.6 Å². The Morgan fingerprint density at radius 1 is 1.42 bits per heavy atom. The van der Waals surface area contributed by atoms with Crippen LogP contribution in [0.25, 0.3) is 0 Å². The van der Waals surface area contributed by atoms with E-state index in [2.05, 4.69) is 4.98 Å². The molecule has 1 aromatic heterocycles. The van der Waals surface area contributed by atoms with Gasteiger partial charge < -0.3 is 9.64 Å². The van der Waals surface area contributed by atoms with Crippen LogP contribution >= 0.6 is 0 Å². The largest absolute Gasteiger partial charge is 0.465 e. The van der Waals surface area contributed by atoms with Crippen LogP contribution in [0.3, 0.4) is 0 Å². The second kappa shape index (κ2) is 6.51. The number of nitrogens with zero attached hydrogens (tertiary/aromatic N) is 2. The summed E-state index contributed by atoms with van der Waals surface area (Å²) >= 11 is 0. The van der Waals surface area contributed by atoms with E-state index in [1.54, 1.807) is 17.9 Å². The third-order valence-electron chi connectivity index (χ3n) is 2.46. The molecule has 0 aliphatic carbocycles. The maximum absolute atomic E-state index is 11.7. The number of anilines is 1. The lowest BCUT2D eigenvalue weighted by atomic mass is 10.4. The van der Waals surface area contributed by atoms with Crippen LogP contribution in [-0.2, 0) is 19.4 Å². The van der Waals surface area contributed by atoms with Gasteiger partial charge in [-0.05, 0) is 26.0 Å². The number of carbonyl (C=O) groups is 1. The van der Waals surface area contributed by atoms with Gasteiger partial charge in [0.2, 0.25) is 0 Å². The van der Waals surface area contributed by atoms with Crippen LogP contribution in [0.15, 0.2) is 23.2 Å². The number of sulfone groups is 1. The summed E-state index contributed by atoms with van der Waals surface area (Å²) in [5.41, 5.74) is 0. The highest BCUT2D eigenvalue weighted by molar-refractivity contribution is 7.90. The first kappa shape index (κ1) is 15.4. The summed E-state index contributed by atoms with van der Waals surface area (Å²) < 4.78 is 28.3. The molecule has 0 saturated heterocycles. The maximum atomic E-state index is 11.7. The van der Waals surface area contributed by atoms with E-state index in [1.807, 2.05) is 6.92 Å². The number of pyridine rings is 1. The zero-order chi connectivity index (χ0) is 14.5. The van der Waals surface area contributed by atoms with Gasteiger partial charge in [0.15, 0.2) is 9.84 Å². The normalized spacial score (nSPS) is 11.1. The first-order valence-electron chi connectivity index (χ1n) is 5.95. The number of esters is 1. The monoisotopic (exact) mass is 286 g/mol. The Morgan fingerprint density at radius 3 is 2.63 bits per heavy atom. The molecule has 0 N–H and O–H groups in total. The lowest BCUT2D eigenvalue weighted by molar-refractivity contribution is -0.141. The van der Waals surface area contributed by atoms with Crippen molar-refractivity contribution in [3.63, 3.8) is 0 Å². The molecule has 0 aliphatic rings. The van der Waals surface area contributed by atoms with Crippen molar-refractivity contribution in [1.29, 1.82) is 0 Å². The molecule has 0 amide bonds. The number of hydrogen-bond donors (Lipinski definition) is 0. The van der Waals surface area contributed by atoms with Crippen LogP contribution < -0.4 is 4.90 Å². The van der Waals surface area contributed by atoms with Gasteiger partial charge in [-0.1, -0.05) is 0 Å². The van der Waals surface area contributed by atoms with Gasteiger partial charge in [-0.2, -0.15) is 0 Å². The van der Waals surface area contributed by atoms with Crippen molar-refractivity contribution in [2.45, 2.75) is 18.7 Å². The molecule has 0 fully saturated rings. The van der Waals surface area contributed by atoms with Crippen molar-refractivity contribution < 1.29 is 17.9 Å². The Labute approximate surface area is 113 Å². The summed E-state index contributed by atoms with van der Waals surface area (Å²) in [7, 11) is -3.39. The van der Waals surface area contributed by atoms with E-state index in [9.17, 15) is 13.2 Å². The first-order chi connectivity index (χ1) is 8.90. The first-order valence-corrected chi connectivity index (χ1v) is 7.85. The van der Waals surface area contributed by atoms with Crippen LogP contribution in [0, 0.1) is 0 Å². The lowest BCUT2D eigenvalue weighted by Crippen LogP contribution is -2.32. The Bertz CT molecular complexity index is 542. The summed E-state index contributed by atoms with van der Waals surface area (Å²) in [6.07, 6.45) is 2.61. The zero-order valence-corrected chi connectivity index (χ0v) is 12.1. The standard InChI is InChI=1S/C12H18N2O4S/c1-4-14(9-11(15)18-5-2)12-10(19(3,16)17)7-6-8-13-12/h6-8H,4-5,9H2,1-3H3. The van der Waals surface area contributed by atoms with E-state index in [1.165, 1.54) is 12.3 Å². The van der Waals surface area contributed by atoms with E-state index in [0.717, 1.165) is 6.26 Å². The van der Waals surface area contributed by atoms with Crippen molar-refractivity contribution in [3.05, 3.63) is 18.3 Å². The third kappa shape index (κ3) is 4.20. The summed E-state index contributed by atoms with van der Waals surface area (Å²) in [4.78, 5) is 17.3. The number of likely N-dealkylation sites (N-methyl/N-ethyl adjacent to an activating group) is 1. The molecule has 0 unspecified atom stereocenters. The van der Waals surface area contributed by atoms with E-state index in [-0.39, 0.29) is 23.9 Å². The summed E-state index contributed by atoms with van der Waals surface area (Å²) in [5.74, 6) is -0.130. The summed E-state index contributed by atoms with van der Waals surface area (Å²) in [6.45, 7) is 4.26. The molecule has 0 bridgehead atoms. The van der Waals surface area contributed by atoms with Gasteiger partial charge in [-0.15, -0.1) is 0 Å². The SMILES string of the molecule is CCOC(=O)CN(CC)c1ncccc1S(C)(=O)=O. The van der Waals surface area contributed by atoms with Crippen molar-refractivity contribution >= 4 is 21.6 Å². The highest BCUT2D eigenvalue weighted by atomic mass is 32.2. The minimum atomic E-state index is -3.39. The second-order valence-electron chi connectivity index (χ2n) is 3.92. The highest BCUT2D eigenvalue weighted by Gasteiger charge is 2.20. The number of aromatic nitrogens is 1. The Kier molecular flexibility index (Phi) is 5.29. The van der Waals surface area contributed by atoms with Crippen LogP contribution in [0.2, 0.25) is 0 Å². The van der Waals surface area contributed by atoms with Crippen molar-refractivity contribution in [2.24, 2.45) is 0 Å². The molecule has 7 heteroatoms. The van der Waals surface area contributed by atoms with Crippen molar-refractivity contribution in [2.75, 3.05) is 30.9 Å². The average molecular weight is 286 g/mol. The van der Waals surface area contributed by atoms with E-state index < -0.39 is 15.8 Å². The van der Waals surface area contributed by atoms with Gasteiger partial charge in [0.25, 0.3) is 0 Å². The van der Waals surface area contributed by atoms with Gasteiger partial charge in [-0.3, -0.25) is 4.79 Å². The van der Waals surface area contributed by atoms with Crippen molar-refractivity contribution in [1.82, 2.24) is 4.98 Å². The molecule has 0 aromatic carbocycles. The predicted molar refractivity (Wildman–Crippen MR) is 71.9 cm³/mol. The minimum absolute atomic E-state index is 0.0239. The molecular formula is C12H18N2O4S. The molecule has 1 aromatic rings. The molecule has 1 rings (SSSR count). The predicted octanol–water partition coefficient (Wildman–Crippen LogP) is 0.875. The Balaban J connectivity index is 3.09. The fourth-order valence-corrected chi connectivity index (χ4v) is 2.45. The molecule has 0 aliphatic heterocycles. The van der Waals surface area contributed by atoms with E-state index in [0.29, 0.717) is 6.54 Å². The number of hydrogen-bond acceptors (Lipinski definition) is 6. The molecule has 6 nitrogen and oxygen atoms in total. The molecule has 106 valence electrons. The molecular weight excluding hydrogens is 268 g/mol. The van der Waals surface area contributed by atoms with E-state index >= 15 is 0 Å². The van der Waals surface area contributed by atoms with E-state index in [4.69, 9.17) is 4.74 Å². The number of ether oxygens (including phenoxy) is 1. The Hall–Kier alpha value is -1.63. The smallest absolute Gasteiger partial charge is 0.325 e. The van der Waals surface area contributed by atoms with Crippen LogP contribution in [0.5, 0.6) is 0 Å². The summed E-state index contributed by atoms with van der Waals surface area (Å²) in [6, 6.07) is 3.03. The fourth-order valence-electron chi connectivity index (χ4n) is 1.61. The lowest BCUT2D eigenvalue weighted by Gasteiger charge is -2.22. The quantitative estimate of drug-likeness (QED) is 0.722. The average Bonchev–Trinajstić information content (AvgIpc) is 2.35. The maximum Gasteiger partial charge on any atom is 0.325 e. The summed E-state index contributed by atoms with van der Waals surface area (Å²) in [5, 5.41) is 0. The number of carbonyl (C=O) groups excluding carboxylic acids is 1.